The van der Waals surface area contributed by atoms with Crippen molar-refractivity contribution in [2.75, 3.05) is 12.3 Å². The summed E-state index contributed by atoms with van der Waals surface area (Å²) in [7, 11) is -4.29. The molecule has 0 radical (unpaired) electrons. The normalized spacial score (nSPS) is 15.3. The molecule has 2 unspecified atom stereocenters. The van der Waals surface area contributed by atoms with Gasteiger partial charge in [-0.1, -0.05) is 12.2 Å². The molecule has 11 heavy (non-hydrogen) atoms. The molecule has 64 valence electrons. The highest BCUT2D eigenvalue weighted by molar-refractivity contribution is 7.53. The van der Waals surface area contributed by atoms with Crippen LogP contribution < -0.4 is 0 Å². The van der Waals surface area contributed by atoms with E-state index in [-0.39, 0.29) is 12.3 Å². The second-order valence-electron chi connectivity index (χ2n) is 1.83. The van der Waals surface area contributed by atoms with E-state index in [1.54, 1.807) is 0 Å². The Balaban J connectivity index is 3.65. The molecule has 0 N–H and O–H groups in total. The first-order valence-electron chi connectivity index (χ1n) is 3.16. The molecule has 0 heterocycles. The van der Waals surface area contributed by atoms with E-state index < -0.39 is 16.1 Å². The lowest BCUT2D eigenvalue weighted by Crippen LogP contribution is -1.73. The van der Waals surface area contributed by atoms with Gasteiger partial charge in [-0.3, -0.25) is 13.4 Å². The minimum absolute atomic E-state index is 0.290. The van der Waals surface area contributed by atoms with Crippen LogP contribution in [-0.2, 0) is 13.4 Å². The second kappa shape index (κ2) is 6.60. The van der Waals surface area contributed by atoms with Crippen LogP contribution in [0.15, 0.2) is 25.3 Å². The Morgan fingerprint density at radius 2 is 1.45 bits per heavy atom. The Labute approximate surface area is 67.9 Å². The highest BCUT2D eigenvalue weighted by atomic mass is 31.2. The van der Waals surface area contributed by atoms with E-state index in [2.05, 4.69) is 17.5 Å². The van der Waals surface area contributed by atoms with E-state index in [1.165, 1.54) is 12.2 Å². The largest absolute Gasteiger partial charge is 0.296 e. The molecule has 3 nitrogen and oxygen atoms in total. The third-order valence-corrected chi connectivity index (χ3v) is 3.92. The van der Waals surface area contributed by atoms with E-state index in [0.717, 1.165) is 0 Å². The minimum Gasteiger partial charge on any atom is -0.296 e. The van der Waals surface area contributed by atoms with Gasteiger partial charge < -0.3 is 0 Å². The minimum atomic E-state index is -2.14. The molecule has 2 atom stereocenters. The van der Waals surface area contributed by atoms with E-state index in [0.29, 0.717) is 0 Å². The maximum atomic E-state index is 10.8. The Morgan fingerprint density at radius 3 is 1.73 bits per heavy atom. The summed E-state index contributed by atoms with van der Waals surface area (Å²) >= 11 is 0. The molecule has 0 aliphatic heterocycles. The zero-order valence-corrected chi connectivity index (χ0v) is 8.21. The molecule has 0 aliphatic rings. The van der Waals surface area contributed by atoms with E-state index in [4.69, 9.17) is 0 Å². The van der Waals surface area contributed by atoms with Crippen molar-refractivity contribution in [1.82, 2.24) is 0 Å². The molecule has 0 rings (SSSR count). The number of rotatable bonds is 6. The van der Waals surface area contributed by atoms with Gasteiger partial charge in [0.25, 0.3) is 0 Å². The predicted octanol–water partition coefficient (Wildman–Crippen LogP) is 2.32. The van der Waals surface area contributed by atoms with Crippen molar-refractivity contribution < 1.29 is 13.4 Å². The van der Waals surface area contributed by atoms with Crippen molar-refractivity contribution in [3.63, 3.8) is 0 Å². The fraction of sp³-hybridized carbons (Fsp3) is 0.333. The molecular weight excluding hydrogens is 182 g/mol. The highest BCUT2D eigenvalue weighted by Gasteiger charge is 2.01. The number of allylic oxidation sites excluding steroid dienone is 2. The number of hydrogen-bond donors (Lipinski definition) is 0. The lowest BCUT2D eigenvalue weighted by atomic mass is 10.8. The molecule has 0 saturated heterocycles. The number of hydrogen-bond acceptors (Lipinski definition) is 3. The van der Waals surface area contributed by atoms with Crippen molar-refractivity contribution in [3.05, 3.63) is 25.3 Å². The van der Waals surface area contributed by atoms with Gasteiger partial charge in [-0.15, -0.1) is 13.2 Å². The topological polar surface area (TPSA) is 43.4 Å². The van der Waals surface area contributed by atoms with Crippen molar-refractivity contribution in [2.24, 2.45) is 0 Å². The molecule has 0 amide bonds. The molecule has 0 spiro atoms. The molecule has 0 aromatic rings. The summed E-state index contributed by atoms with van der Waals surface area (Å²) in [6.45, 7) is 6.78. The van der Waals surface area contributed by atoms with Gasteiger partial charge in [-0.05, 0) is 0 Å². The second-order valence-corrected chi connectivity index (χ2v) is 4.95. The van der Waals surface area contributed by atoms with E-state index in [1.807, 2.05) is 0 Å². The Bertz CT molecular complexity index is 168. The molecule has 0 aromatic carbocycles. The van der Waals surface area contributed by atoms with E-state index in [9.17, 15) is 9.13 Å². The van der Waals surface area contributed by atoms with Gasteiger partial charge in [0.15, 0.2) is 0 Å². The molecule has 5 heteroatoms. The standard InChI is InChI=1S/C6H12O3P2/c1-3-5-10(7)9-11(8)6-4-2/h3-4,10-11H,1-2,5-6H2. The molecule has 0 aromatic heterocycles. The van der Waals surface area contributed by atoms with Crippen LogP contribution in [0, 0.1) is 0 Å². The van der Waals surface area contributed by atoms with Gasteiger partial charge in [-0.2, -0.15) is 0 Å². The summed E-state index contributed by atoms with van der Waals surface area (Å²) in [4.78, 5) is 0. The highest BCUT2D eigenvalue weighted by Crippen LogP contribution is 2.37. The first-order chi connectivity index (χ1) is 5.20. The summed E-state index contributed by atoms with van der Waals surface area (Å²) in [6, 6.07) is 0. The first kappa shape index (κ1) is 10.9. The maximum absolute atomic E-state index is 10.8. The zero-order valence-electron chi connectivity index (χ0n) is 6.21. The first-order valence-corrected chi connectivity index (χ1v) is 6.20. The molecule has 0 saturated carbocycles. The van der Waals surface area contributed by atoms with Crippen molar-refractivity contribution in [1.29, 1.82) is 0 Å². The van der Waals surface area contributed by atoms with Crippen LogP contribution in [0.4, 0.5) is 0 Å². The smallest absolute Gasteiger partial charge is 0.200 e. The van der Waals surface area contributed by atoms with Gasteiger partial charge in [0, 0.05) is 12.3 Å². The van der Waals surface area contributed by atoms with Gasteiger partial charge in [0.2, 0.25) is 16.1 Å². The van der Waals surface area contributed by atoms with Crippen molar-refractivity contribution >= 4 is 16.1 Å². The van der Waals surface area contributed by atoms with Crippen LogP contribution in [0.1, 0.15) is 0 Å². The van der Waals surface area contributed by atoms with Crippen LogP contribution in [0.5, 0.6) is 0 Å². The van der Waals surface area contributed by atoms with Crippen molar-refractivity contribution in [2.45, 2.75) is 0 Å². The maximum Gasteiger partial charge on any atom is 0.200 e. The van der Waals surface area contributed by atoms with Crippen LogP contribution in [0.2, 0.25) is 0 Å². The lowest BCUT2D eigenvalue weighted by Gasteiger charge is -1.98. The molecule has 0 fully saturated rings. The fourth-order valence-electron chi connectivity index (χ4n) is 0.446. The van der Waals surface area contributed by atoms with Gasteiger partial charge in [0.1, 0.15) is 0 Å². The average molecular weight is 194 g/mol. The SMILES string of the molecule is C=CC[PH](=O)O[PH](=O)CC=C. The van der Waals surface area contributed by atoms with Gasteiger partial charge >= 0.3 is 0 Å². The predicted molar refractivity (Wildman–Crippen MR) is 49.2 cm³/mol. The fourth-order valence-corrected chi connectivity index (χ4v) is 2.60. The van der Waals surface area contributed by atoms with Crippen LogP contribution in [0.3, 0.4) is 0 Å². The van der Waals surface area contributed by atoms with E-state index >= 15 is 0 Å². The summed E-state index contributed by atoms with van der Waals surface area (Å²) in [6.07, 6.45) is 3.56. The quantitative estimate of drug-likeness (QED) is 0.481. The van der Waals surface area contributed by atoms with Crippen LogP contribution >= 0.6 is 16.1 Å². The Kier molecular flexibility index (Phi) is 6.54. The third kappa shape index (κ3) is 6.30. The summed E-state index contributed by atoms with van der Waals surface area (Å²) in [5.41, 5.74) is 0. The molecule has 0 bridgehead atoms. The average Bonchev–Trinajstić information content (AvgIpc) is 1.87. The third-order valence-electron chi connectivity index (χ3n) is 0.850. The van der Waals surface area contributed by atoms with Crippen molar-refractivity contribution in [3.8, 4) is 0 Å². The molecular formula is C6H12O3P2. The zero-order chi connectivity index (χ0) is 8.69. The lowest BCUT2D eigenvalue weighted by molar-refractivity contribution is 0.492. The van der Waals surface area contributed by atoms with Gasteiger partial charge in [-0.25, -0.2) is 0 Å². The summed E-state index contributed by atoms with van der Waals surface area (Å²) in [5.74, 6) is 0. The monoisotopic (exact) mass is 194 g/mol. The summed E-state index contributed by atoms with van der Waals surface area (Å²) < 4.78 is 26.3. The van der Waals surface area contributed by atoms with Crippen LogP contribution in [-0.4, -0.2) is 12.3 Å². The Hall–Kier alpha value is -0.100. The van der Waals surface area contributed by atoms with Gasteiger partial charge in [0.05, 0.1) is 0 Å². The Morgan fingerprint density at radius 1 is 1.09 bits per heavy atom. The van der Waals surface area contributed by atoms with Crippen LogP contribution in [0.25, 0.3) is 0 Å². The summed E-state index contributed by atoms with van der Waals surface area (Å²) in [5, 5.41) is 0. The molecule has 0 aliphatic carbocycles.